The summed E-state index contributed by atoms with van der Waals surface area (Å²) >= 11 is 0. The van der Waals surface area contributed by atoms with Gasteiger partial charge in [0, 0.05) is 12.1 Å². The molecule has 0 spiro atoms. The average Bonchev–Trinajstić information content (AvgIpc) is 2.29. The van der Waals surface area contributed by atoms with Crippen molar-refractivity contribution in [3.05, 3.63) is 24.3 Å². The number of rotatable bonds is 5. The van der Waals surface area contributed by atoms with E-state index in [1.807, 2.05) is 38.1 Å². The van der Waals surface area contributed by atoms with Crippen LogP contribution in [0.1, 0.15) is 20.3 Å². The smallest absolute Gasteiger partial charge is 0.154 e. The molecule has 0 saturated carbocycles. The van der Waals surface area contributed by atoms with E-state index in [-0.39, 0.29) is 11.8 Å². The molecule has 3 nitrogen and oxygen atoms in total. The van der Waals surface area contributed by atoms with Crippen molar-refractivity contribution in [2.24, 2.45) is 0 Å². The lowest BCUT2D eigenvalue weighted by Crippen LogP contribution is -2.25. The summed E-state index contributed by atoms with van der Waals surface area (Å²) in [6.45, 7) is 3.74. The maximum absolute atomic E-state index is 11.4. The normalized spacial score (nSPS) is 11.9. The van der Waals surface area contributed by atoms with Crippen LogP contribution in [0.5, 0.6) is 5.75 Å². The first kappa shape index (κ1) is 11.6. The lowest BCUT2D eigenvalue weighted by molar-refractivity contribution is -0.119. The zero-order chi connectivity index (χ0) is 11.3. The Kier molecular flexibility index (Phi) is 4.16. The Labute approximate surface area is 90.4 Å². The van der Waals surface area contributed by atoms with E-state index in [0.29, 0.717) is 6.42 Å². The van der Waals surface area contributed by atoms with E-state index in [0.717, 1.165) is 11.4 Å². The number of hydrogen-bond donors (Lipinski definition) is 1. The van der Waals surface area contributed by atoms with Gasteiger partial charge in [0.1, 0.15) is 5.75 Å². The van der Waals surface area contributed by atoms with E-state index in [1.165, 1.54) is 0 Å². The lowest BCUT2D eigenvalue weighted by Gasteiger charge is -2.13. The molecule has 0 aliphatic heterocycles. The number of carbonyl (C=O) groups excluding carboxylic acids is 1. The highest BCUT2D eigenvalue weighted by Crippen LogP contribution is 2.15. The molecule has 0 aliphatic rings. The van der Waals surface area contributed by atoms with Crippen LogP contribution in [0.2, 0.25) is 0 Å². The Bertz CT molecular complexity index is 319. The Morgan fingerprint density at radius 2 is 2.00 bits per heavy atom. The Morgan fingerprint density at radius 3 is 2.47 bits per heavy atom. The summed E-state index contributed by atoms with van der Waals surface area (Å²) in [5.74, 6) is 1.03. The molecule has 1 aromatic carbocycles. The molecule has 0 aromatic heterocycles. The first-order chi connectivity index (χ1) is 7.17. The van der Waals surface area contributed by atoms with Gasteiger partial charge in [0.2, 0.25) is 0 Å². The predicted octanol–water partition coefficient (Wildman–Crippen LogP) is 2.47. The molecule has 0 saturated heterocycles. The number of carbonyl (C=O) groups is 1. The van der Waals surface area contributed by atoms with E-state index >= 15 is 0 Å². The molecule has 0 radical (unpaired) electrons. The van der Waals surface area contributed by atoms with Crippen molar-refractivity contribution in [3.63, 3.8) is 0 Å². The molecule has 3 heteroatoms. The van der Waals surface area contributed by atoms with Crippen molar-refractivity contribution in [1.82, 2.24) is 0 Å². The van der Waals surface area contributed by atoms with Gasteiger partial charge in [-0.15, -0.1) is 0 Å². The van der Waals surface area contributed by atoms with Crippen molar-refractivity contribution >= 4 is 11.5 Å². The maximum Gasteiger partial charge on any atom is 0.154 e. The van der Waals surface area contributed by atoms with Crippen molar-refractivity contribution < 1.29 is 9.53 Å². The highest BCUT2D eigenvalue weighted by Gasteiger charge is 2.09. The molecule has 0 fully saturated rings. The third kappa shape index (κ3) is 3.27. The van der Waals surface area contributed by atoms with E-state index in [1.54, 1.807) is 7.11 Å². The highest BCUT2D eigenvalue weighted by atomic mass is 16.5. The van der Waals surface area contributed by atoms with Gasteiger partial charge in [0.15, 0.2) is 5.78 Å². The third-order valence-electron chi connectivity index (χ3n) is 2.30. The number of methoxy groups -OCH3 is 1. The summed E-state index contributed by atoms with van der Waals surface area (Å²) in [6.07, 6.45) is 0.560. The number of benzene rings is 1. The van der Waals surface area contributed by atoms with Gasteiger partial charge in [-0.05, 0) is 31.2 Å². The lowest BCUT2D eigenvalue weighted by atomic mass is 10.1. The molecule has 82 valence electrons. The van der Waals surface area contributed by atoms with Gasteiger partial charge in [-0.25, -0.2) is 0 Å². The van der Waals surface area contributed by atoms with Gasteiger partial charge in [-0.1, -0.05) is 6.92 Å². The molecule has 0 heterocycles. The predicted molar refractivity (Wildman–Crippen MR) is 61.4 cm³/mol. The van der Waals surface area contributed by atoms with Crippen LogP contribution in [0.15, 0.2) is 24.3 Å². The van der Waals surface area contributed by atoms with Gasteiger partial charge < -0.3 is 10.1 Å². The first-order valence-electron chi connectivity index (χ1n) is 5.10. The minimum atomic E-state index is -0.136. The van der Waals surface area contributed by atoms with Crippen molar-refractivity contribution in [1.29, 1.82) is 0 Å². The summed E-state index contributed by atoms with van der Waals surface area (Å²) in [4.78, 5) is 11.4. The van der Waals surface area contributed by atoms with Crippen molar-refractivity contribution in [2.45, 2.75) is 26.3 Å². The summed E-state index contributed by atoms with van der Waals surface area (Å²) in [5, 5.41) is 3.14. The molecule has 1 N–H and O–H groups in total. The molecule has 1 rings (SSSR count). The van der Waals surface area contributed by atoms with Crippen LogP contribution >= 0.6 is 0 Å². The number of ether oxygens (including phenoxy) is 1. The molecule has 1 aromatic rings. The van der Waals surface area contributed by atoms with Gasteiger partial charge in [-0.2, -0.15) is 0 Å². The van der Waals surface area contributed by atoms with Crippen molar-refractivity contribution in [2.75, 3.05) is 12.4 Å². The number of ketones is 1. The van der Waals surface area contributed by atoms with E-state index in [9.17, 15) is 4.79 Å². The van der Waals surface area contributed by atoms with Gasteiger partial charge in [0.05, 0.1) is 13.2 Å². The van der Waals surface area contributed by atoms with E-state index in [4.69, 9.17) is 4.74 Å². The SMILES string of the molecule is CCC(=O)C(C)Nc1ccc(OC)cc1. The van der Waals surface area contributed by atoms with Gasteiger partial charge in [0.25, 0.3) is 0 Å². The molecule has 0 aliphatic carbocycles. The maximum atomic E-state index is 11.4. The average molecular weight is 207 g/mol. The zero-order valence-corrected chi connectivity index (χ0v) is 9.41. The van der Waals surface area contributed by atoms with Crippen LogP contribution in [-0.2, 0) is 4.79 Å². The second-order valence-corrected chi connectivity index (χ2v) is 3.41. The first-order valence-corrected chi connectivity index (χ1v) is 5.10. The van der Waals surface area contributed by atoms with Gasteiger partial charge in [-0.3, -0.25) is 4.79 Å². The largest absolute Gasteiger partial charge is 0.497 e. The van der Waals surface area contributed by atoms with Crippen molar-refractivity contribution in [3.8, 4) is 5.75 Å². The molecule has 0 amide bonds. The van der Waals surface area contributed by atoms with Crippen LogP contribution in [-0.4, -0.2) is 18.9 Å². The molecular weight excluding hydrogens is 190 g/mol. The summed E-state index contributed by atoms with van der Waals surface area (Å²) in [6, 6.07) is 7.40. The van der Waals surface area contributed by atoms with E-state index < -0.39 is 0 Å². The van der Waals surface area contributed by atoms with Crippen LogP contribution in [0.25, 0.3) is 0 Å². The topological polar surface area (TPSA) is 38.3 Å². The highest BCUT2D eigenvalue weighted by molar-refractivity contribution is 5.85. The summed E-state index contributed by atoms with van der Waals surface area (Å²) in [5.41, 5.74) is 0.935. The fourth-order valence-electron chi connectivity index (χ4n) is 1.32. The molecule has 15 heavy (non-hydrogen) atoms. The molecular formula is C12H17NO2. The Morgan fingerprint density at radius 1 is 1.40 bits per heavy atom. The molecule has 0 bridgehead atoms. The standard InChI is InChI=1S/C12H17NO2/c1-4-12(14)9(2)13-10-5-7-11(15-3)8-6-10/h5-9,13H,4H2,1-3H3. The number of hydrogen-bond acceptors (Lipinski definition) is 3. The van der Waals surface area contributed by atoms with Crippen LogP contribution in [0, 0.1) is 0 Å². The Hall–Kier alpha value is -1.51. The minimum Gasteiger partial charge on any atom is -0.497 e. The number of anilines is 1. The fourth-order valence-corrected chi connectivity index (χ4v) is 1.32. The summed E-state index contributed by atoms with van der Waals surface area (Å²) < 4.78 is 5.05. The molecule has 1 atom stereocenters. The quantitative estimate of drug-likeness (QED) is 0.806. The number of Topliss-reactive ketones (excluding diaryl/α,β-unsaturated/α-hetero) is 1. The number of nitrogens with one attached hydrogen (secondary N) is 1. The van der Waals surface area contributed by atoms with Gasteiger partial charge >= 0.3 is 0 Å². The van der Waals surface area contributed by atoms with Crippen LogP contribution in [0.3, 0.4) is 0 Å². The van der Waals surface area contributed by atoms with Crippen LogP contribution < -0.4 is 10.1 Å². The summed E-state index contributed by atoms with van der Waals surface area (Å²) in [7, 11) is 1.63. The third-order valence-corrected chi connectivity index (χ3v) is 2.30. The minimum absolute atomic E-state index is 0.136. The monoisotopic (exact) mass is 207 g/mol. The molecule has 1 unspecified atom stereocenters. The zero-order valence-electron chi connectivity index (χ0n) is 9.41. The second kappa shape index (κ2) is 5.39. The van der Waals surface area contributed by atoms with Crippen LogP contribution in [0.4, 0.5) is 5.69 Å². The fraction of sp³-hybridized carbons (Fsp3) is 0.417. The second-order valence-electron chi connectivity index (χ2n) is 3.41. The Balaban J connectivity index is 2.60. The van der Waals surface area contributed by atoms with E-state index in [2.05, 4.69) is 5.32 Å².